The van der Waals surface area contributed by atoms with Crippen LogP contribution >= 0.6 is 23.1 Å². The monoisotopic (exact) mass is 471 g/mol. The van der Waals surface area contributed by atoms with Crippen LogP contribution in [0.2, 0.25) is 0 Å². The van der Waals surface area contributed by atoms with E-state index in [0.717, 1.165) is 22.1 Å². The number of rotatable bonds is 6. The summed E-state index contributed by atoms with van der Waals surface area (Å²) < 4.78 is 1.60. The van der Waals surface area contributed by atoms with Gasteiger partial charge in [0, 0.05) is 23.0 Å². The molecule has 0 bridgehead atoms. The number of hydrogen-bond acceptors (Lipinski definition) is 7. The molecule has 0 radical (unpaired) electrons. The lowest BCUT2D eigenvalue weighted by Gasteiger charge is -2.12. The maximum atomic E-state index is 13.3. The summed E-state index contributed by atoms with van der Waals surface area (Å²) in [6, 6.07) is 19.4. The molecular formula is C25H21N5OS2. The van der Waals surface area contributed by atoms with E-state index in [1.54, 1.807) is 28.2 Å². The van der Waals surface area contributed by atoms with E-state index in [1.807, 2.05) is 54.8 Å². The highest BCUT2D eigenvalue weighted by Gasteiger charge is 2.15. The molecule has 5 aromatic rings. The van der Waals surface area contributed by atoms with Crippen molar-refractivity contribution in [2.45, 2.75) is 24.8 Å². The zero-order valence-corrected chi connectivity index (χ0v) is 19.8. The molecule has 0 aliphatic heterocycles. The second-order valence-electron chi connectivity index (χ2n) is 7.67. The topological polar surface area (TPSA) is 72.7 Å². The van der Waals surface area contributed by atoms with Crippen molar-refractivity contribution in [3.8, 4) is 5.82 Å². The highest BCUT2D eigenvalue weighted by Crippen LogP contribution is 2.27. The molecule has 0 unspecified atom stereocenters. The first kappa shape index (κ1) is 21.4. The van der Waals surface area contributed by atoms with E-state index in [0.29, 0.717) is 27.6 Å². The number of fused-ring (bicyclic) bond motifs is 1. The van der Waals surface area contributed by atoms with E-state index in [9.17, 15) is 4.79 Å². The van der Waals surface area contributed by atoms with Crippen LogP contribution in [0.25, 0.3) is 16.7 Å². The van der Waals surface area contributed by atoms with Crippen LogP contribution in [-0.2, 0) is 5.75 Å². The Labute approximate surface area is 199 Å². The van der Waals surface area contributed by atoms with Gasteiger partial charge in [0.25, 0.3) is 5.56 Å². The standard InChI is InChI=1S/C25H21N5OS2/c1-16-7-9-18(10-8-16)27-24-28-19(14-32-24)15-33-25-29-21-6-4-3-5-20(21)23(31)30(25)22-13-17(2)11-12-26-22/h3-14H,15H2,1-2H3,(H,27,28). The first-order valence-electron chi connectivity index (χ1n) is 10.4. The van der Waals surface area contributed by atoms with Crippen LogP contribution in [0.3, 0.4) is 0 Å². The van der Waals surface area contributed by atoms with Crippen LogP contribution in [0.1, 0.15) is 16.8 Å². The number of nitrogens with zero attached hydrogens (tertiary/aromatic N) is 4. The molecule has 2 aromatic carbocycles. The Bertz CT molecular complexity index is 1490. The fourth-order valence-corrected chi connectivity index (χ4v) is 5.11. The predicted molar refractivity (Wildman–Crippen MR) is 136 cm³/mol. The summed E-state index contributed by atoms with van der Waals surface area (Å²) in [6.45, 7) is 4.05. The lowest BCUT2D eigenvalue weighted by Crippen LogP contribution is -2.22. The lowest BCUT2D eigenvalue weighted by atomic mass is 10.2. The minimum absolute atomic E-state index is 0.124. The molecule has 0 spiro atoms. The van der Waals surface area contributed by atoms with Gasteiger partial charge in [-0.1, -0.05) is 41.6 Å². The number of para-hydroxylation sites is 1. The quantitative estimate of drug-likeness (QED) is 0.246. The number of aryl methyl sites for hydroxylation is 2. The van der Waals surface area contributed by atoms with Crippen LogP contribution < -0.4 is 10.9 Å². The summed E-state index contributed by atoms with van der Waals surface area (Å²) in [7, 11) is 0. The first-order valence-corrected chi connectivity index (χ1v) is 12.3. The van der Waals surface area contributed by atoms with E-state index in [-0.39, 0.29) is 5.56 Å². The Morgan fingerprint density at radius 2 is 1.82 bits per heavy atom. The van der Waals surface area contributed by atoms with Gasteiger partial charge in [0.05, 0.1) is 16.6 Å². The van der Waals surface area contributed by atoms with Gasteiger partial charge in [0.1, 0.15) is 5.82 Å². The van der Waals surface area contributed by atoms with Crippen molar-refractivity contribution in [3.63, 3.8) is 0 Å². The molecule has 0 aliphatic carbocycles. The minimum atomic E-state index is -0.124. The van der Waals surface area contributed by atoms with Gasteiger partial charge in [0.15, 0.2) is 10.3 Å². The van der Waals surface area contributed by atoms with Crippen LogP contribution in [0.4, 0.5) is 10.8 Å². The fourth-order valence-electron chi connectivity index (χ4n) is 3.38. The Hall–Kier alpha value is -3.49. The Kier molecular flexibility index (Phi) is 5.93. The third-order valence-corrected chi connectivity index (χ3v) is 6.86. The van der Waals surface area contributed by atoms with Crippen molar-refractivity contribution in [1.29, 1.82) is 0 Å². The maximum Gasteiger partial charge on any atom is 0.267 e. The molecule has 0 amide bonds. The van der Waals surface area contributed by atoms with E-state index in [4.69, 9.17) is 9.97 Å². The molecule has 6 nitrogen and oxygen atoms in total. The van der Waals surface area contributed by atoms with Crippen molar-refractivity contribution in [2.75, 3.05) is 5.32 Å². The molecule has 0 saturated carbocycles. The predicted octanol–water partition coefficient (Wildman–Crippen LogP) is 5.89. The lowest BCUT2D eigenvalue weighted by molar-refractivity contribution is 0.794. The molecule has 164 valence electrons. The number of thioether (sulfide) groups is 1. The van der Waals surface area contributed by atoms with Gasteiger partial charge in [-0.05, 0) is 55.8 Å². The molecule has 0 atom stereocenters. The van der Waals surface area contributed by atoms with Crippen molar-refractivity contribution < 1.29 is 0 Å². The highest BCUT2D eigenvalue weighted by atomic mass is 32.2. The summed E-state index contributed by atoms with van der Waals surface area (Å²) >= 11 is 3.03. The minimum Gasteiger partial charge on any atom is -0.332 e. The Morgan fingerprint density at radius 1 is 1.00 bits per heavy atom. The largest absolute Gasteiger partial charge is 0.332 e. The Balaban J connectivity index is 1.44. The molecule has 33 heavy (non-hydrogen) atoms. The summed E-state index contributed by atoms with van der Waals surface area (Å²) in [5.74, 6) is 1.16. The average Bonchev–Trinajstić information content (AvgIpc) is 3.26. The first-order chi connectivity index (χ1) is 16.1. The maximum absolute atomic E-state index is 13.3. The van der Waals surface area contributed by atoms with E-state index in [2.05, 4.69) is 29.4 Å². The third-order valence-electron chi connectivity index (χ3n) is 5.08. The molecule has 0 fully saturated rings. The van der Waals surface area contributed by atoms with Crippen molar-refractivity contribution in [2.24, 2.45) is 0 Å². The molecular weight excluding hydrogens is 450 g/mol. The van der Waals surface area contributed by atoms with Gasteiger partial charge in [-0.2, -0.15) is 0 Å². The number of anilines is 2. The molecule has 0 aliphatic rings. The fraction of sp³-hybridized carbons (Fsp3) is 0.120. The van der Waals surface area contributed by atoms with Gasteiger partial charge in [-0.25, -0.2) is 19.5 Å². The van der Waals surface area contributed by atoms with Gasteiger partial charge in [0.2, 0.25) is 0 Å². The summed E-state index contributed by atoms with van der Waals surface area (Å²) in [4.78, 5) is 27.3. The summed E-state index contributed by atoms with van der Waals surface area (Å²) in [6.07, 6.45) is 1.71. The number of hydrogen-bond donors (Lipinski definition) is 1. The third kappa shape index (κ3) is 4.67. The van der Waals surface area contributed by atoms with Crippen LogP contribution in [0.5, 0.6) is 0 Å². The van der Waals surface area contributed by atoms with Crippen molar-refractivity contribution in [3.05, 3.63) is 99.4 Å². The molecule has 3 heterocycles. The number of aromatic nitrogens is 4. The van der Waals surface area contributed by atoms with E-state index < -0.39 is 0 Å². The normalized spacial score (nSPS) is 11.1. The Morgan fingerprint density at radius 3 is 2.64 bits per heavy atom. The molecule has 8 heteroatoms. The zero-order valence-electron chi connectivity index (χ0n) is 18.1. The molecule has 0 saturated heterocycles. The zero-order chi connectivity index (χ0) is 22.8. The van der Waals surface area contributed by atoms with Crippen LogP contribution in [-0.4, -0.2) is 19.5 Å². The van der Waals surface area contributed by atoms with E-state index >= 15 is 0 Å². The summed E-state index contributed by atoms with van der Waals surface area (Å²) in [5.41, 5.74) is 4.72. The van der Waals surface area contributed by atoms with Crippen molar-refractivity contribution in [1.82, 2.24) is 19.5 Å². The van der Waals surface area contributed by atoms with Crippen molar-refractivity contribution >= 4 is 44.8 Å². The number of thiazole rings is 1. The number of pyridine rings is 1. The average molecular weight is 472 g/mol. The molecule has 1 N–H and O–H groups in total. The highest BCUT2D eigenvalue weighted by molar-refractivity contribution is 7.98. The molecule has 5 rings (SSSR count). The molecule has 3 aromatic heterocycles. The van der Waals surface area contributed by atoms with Gasteiger partial charge in [-0.3, -0.25) is 4.79 Å². The second kappa shape index (κ2) is 9.17. The van der Waals surface area contributed by atoms with Gasteiger partial charge >= 0.3 is 0 Å². The van der Waals surface area contributed by atoms with Gasteiger partial charge in [-0.15, -0.1) is 11.3 Å². The van der Waals surface area contributed by atoms with E-state index in [1.165, 1.54) is 17.3 Å². The second-order valence-corrected chi connectivity index (χ2v) is 9.47. The summed E-state index contributed by atoms with van der Waals surface area (Å²) in [5, 5.41) is 7.37. The van der Waals surface area contributed by atoms with Crippen LogP contribution in [0, 0.1) is 13.8 Å². The SMILES string of the molecule is Cc1ccc(Nc2nc(CSc3nc4ccccc4c(=O)n3-c3cc(C)ccn3)cs2)cc1. The number of benzene rings is 2. The van der Waals surface area contributed by atoms with Gasteiger partial charge < -0.3 is 5.32 Å². The van der Waals surface area contributed by atoms with Crippen LogP contribution in [0.15, 0.2) is 82.2 Å². The number of nitrogens with one attached hydrogen (secondary N) is 1. The smallest absolute Gasteiger partial charge is 0.267 e.